The van der Waals surface area contributed by atoms with Gasteiger partial charge in [0.15, 0.2) is 17.3 Å². The maximum Gasteiger partial charge on any atom is 0.306 e. The predicted molar refractivity (Wildman–Crippen MR) is 95.1 cm³/mol. The zero-order valence-electron chi connectivity index (χ0n) is 16.0. The number of carbonyl (C=O) groups is 2. The van der Waals surface area contributed by atoms with E-state index in [1.54, 1.807) is 20.1 Å². The number of halogens is 1. The number of methoxy groups -OCH3 is 2. The van der Waals surface area contributed by atoms with E-state index in [1.165, 1.54) is 12.0 Å². The van der Waals surface area contributed by atoms with Crippen molar-refractivity contribution in [3.05, 3.63) is 23.0 Å². The fraction of sp³-hybridized carbons (Fsp3) is 0.579. The summed E-state index contributed by atoms with van der Waals surface area (Å²) in [6.07, 6.45) is 0.666. The maximum atomic E-state index is 14.9. The van der Waals surface area contributed by atoms with Crippen LogP contribution in [0, 0.1) is 5.82 Å². The van der Waals surface area contributed by atoms with E-state index < -0.39 is 11.8 Å². The fourth-order valence-electron chi connectivity index (χ4n) is 2.90. The fourth-order valence-corrected chi connectivity index (χ4v) is 2.90. The molecule has 0 bridgehead atoms. The first kappa shape index (κ1) is 21.0. The number of nitrogens with zero attached hydrogens (tertiary/aromatic N) is 1. The second-order valence-electron chi connectivity index (χ2n) is 6.11. The lowest BCUT2D eigenvalue weighted by atomic mass is 10.1. The van der Waals surface area contributed by atoms with Crippen molar-refractivity contribution in [3.8, 4) is 11.5 Å². The molecule has 0 radical (unpaired) electrons. The first-order valence-corrected chi connectivity index (χ1v) is 8.95. The Bertz CT molecular complexity index is 679. The number of fused-ring (bicyclic) bond motifs is 1. The molecule has 0 aromatic heterocycles. The zero-order valence-corrected chi connectivity index (χ0v) is 16.0. The molecule has 0 unspecified atom stereocenters. The Morgan fingerprint density at radius 3 is 2.63 bits per heavy atom. The second-order valence-corrected chi connectivity index (χ2v) is 6.11. The summed E-state index contributed by atoms with van der Waals surface area (Å²) in [5.74, 6) is -0.803. The van der Waals surface area contributed by atoms with Crippen LogP contribution in [-0.4, -0.2) is 50.8 Å². The average molecular weight is 383 g/mol. The van der Waals surface area contributed by atoms with Gasteiger partial charge in [-0.15, -0.1) is 0 Å². The molecule has 0 atom stereocenters. The van der Waals surface area contributed by atoms with Crippen LogP contribution in [0.3, 0.4) is 0 Å². The van der Waals surface area contributed by atoms with Crippen LogP contribution in [-0.2, 0) is 32.2 Å². The molecule has 0 aliphatic carbocycles. The van der Waals surface area contributed by atoms with E-state index >= 15 is 0 Å². The second kappa shape index (κ2) is 10.1. The highest BCUT2D eigenvalue weighted by Gasteiger charge is 2.30. The summed E-state index contributed by atoms with van der Waals surface area (Å²) < 4.78 is 35.5. The van der Waals surface area contributed by atoms with E-state index in [0.717, 1.165) is 0 Å². The Labute approximate surface area is 158 Å². The molecule has 8 heteroatoms. The minimum absolute atomic E-state index is 0.0131. The molecule has 27 heavy (non-hydrogen) atoms. The summed E-state index contributed by atoms with van der Waals surface area (Å²) in [5.41, 5.74) is 1.10. The standard InChI is InChI=1S/C19H26FNO6/c1-4-26-17(23)7-6-16(22)21-11-13-10-15(25-3)19(18(20)14(13)12-21)27-9-5-8-24-2/h10H,4-9,11-12H2,1-3H3. The van der Waals surface area contributed by atoms with Gasteiger partial charge in [-0.05, 0) is 18.6 Å². The third-order valence-electron chi connectivity index (χ3n) is 4.25. The molecule has 0 N–H and O–H groups in total. The monoisotopic (exact) mass is 383 g/mol. The van der Waals surface area contributed by atoms with Gasteiger partial charge >= 0.3 is 5.97 Å². The third kappa shape index (κ3) is 5.32. The van der Waals surface area contributed by atoms with Crippen molar-refractivity contribution in [2.45, 2.75) is 39.3 Å². The van der Waals surface area contributed by atoms with Crippen LogP contribution >= 0.6 is 0 Å². The van der Waals surface area contributed by atoms with Gasteiger partial charge in [-0.1, -0.05) is 0 Å². The lowest BCUT2D eigenvalue weighted by Crippen LogP contribution is -2.26. The largest absolute Gasteiger partial charge is 0.493 e. The first-order chi connectivity index (χ1) is 13.0. The highest BCUT2D eigenvalue weighted by Crippen LogP contribution is 2.39. The normalized spacial score (nSPS) is 12.7. The molecule has 0 saturated carbocycles. The van der Waals surface area contributed by atoms with Crippen molar-refractivity contribution >= 4 is 11.9 Å². The minimum atomic E-state index is -0.512. The predicted octanol–water partition coefficient (Wildman–Crippen LogP) is 2.44. The molecule has 1 aromatic rings. The Morgan fingerprint density at radius 2 is 1.96 bits per heavy atom. The number of esters is 1. The Morgan fingerprint density at radius 1 is 1.19 bits per heavy atom. The van der Waals surface area contributed by atoms with E-state index in [1.807, 2.05) is 0 Å². The van der Waals surface area contributed by atoms with Crippen molar-refractivity contribution in [2.24, 2.45) is 0 Å². The van der Waals surface area contributed by atoms with Crippen LogP contribution in [0.15, 0.2) is 6.07 Å². The molecule has 1 amide bonds. The summed E-state index contributed by atoms with van der Waals surface area (Å²) in [6, 6.07) is 1.70. The molecule has 1 heterocycles. The quantitative estimate of drug-likeness (QED) is 0.456. The Balaban J connectivity index is 2.05. The molecule has 1 aliphatic heterocycles. The highest BCUT2D eigenvalue weighted by atomic mass is 19.1. The number of rotatable bonds is 10. The van der Waals surface area contributed by atoms with E-state index in [0.29, 0.717) is 36.5 Å². The van der Waals surface area contributed by atoms with Crippen molar-refractivity contribution in [1.82, 2.24) is 4.90 Å². The summed E-state index contributed by atoms with van der Waals surface area (Å²) in [6.45, 7) is 3.21. The lowest BCUT2D eigenvalue weighted by molar-refractivity contribution is -0.145. The van der Waals surface area contributed by atoms with Crippen LogP contribution in [0.25, 0.3) is 0 Å². The highest BCUT2D eigenvalue weighted by molar-refractivity contribution is 5.82. The SMILES string of the molecule is CCOC(=O)CCC(=O)N1Cc2cc(OC)c(OCCCOC)c(F)c2C1. The van der Waals surface area contributed by atoms with Crippen LogP contribution in [0.1, 0.15) is 37.3 Å². The summed E-state index contributed by atoms with van der Waals surface area (Å²) in [5, 5.41) is 0. The van der Waals surface area contributed by atoms with Gasteiger partial charge < -0.3 is 23.8 Å². The molecule has 1 aromatic carbocycles. The number of hydrogen-bond donors (Lipinski definition) is 0. The van der Waals surface area contributed by atoms with Crippen molar-refractivity contribution in [2.75, 3.05) is 34.0 Å². The minimum Gasteiger partial charge on any atom is -0.493 e. The third-order valence-corrected chi connectivity index (χ3v) is 4.25. The van der Waals surface area contributed by atoms with Crippen LogP contribution in [0.2, 0.25) is 0 Å². The summed E-state index contributed by atoms with van der Waals surface area (Å²) in [7, 11) is 3.03. The zero-order chi connectivity index (χ0) is 19.8. The van der Waals surface area contributed by atoms with Gasteiger partial charge in [-0.25, -0.2) is 4.39 Å². The molecular formula is C19H26FNO6. The number of ether oxygens (including phenoxy) is 4. The van der Waals surface area contributed by atoms with Gasteiger partial charge in [0.1, 0.15) is 0 Å². The van der Waals surface area contributed by atoms with Gasteiger partial charge in [0.25, 0.3) is 0 Å². The topological polar surface area (TPSA) is 74.3 Å². The summed E-state index contributed by atoms with van der Waals surface area (Å²) in [4.78, 5) is 25.3. The van der Waals surface area contributed by atoms with E-state index in [-0.39, 0.29) is 44.2 Å². The van der Waals surface area contributed by atoms with Gasteiger partial charge in [0, 0.05) is 45.2 Å². The molecular weight excluding hydrogens is 357 g/mol. The summed E-state index contributed by atoms with van der Waals surface area (Å²) >= 11 is 0. The van der Waals surface area contributed by atoms with E-state index in [2.05, 4.69) is 0 Å². The van der Waals surface area contributed by atoms with Gasteiger partial charge in [0.2, 0.25) is 5.91 Å². The molecule has 0 spiro atoms. The van der Waals surface area contributed by atoms with Crippen molar-refractivity contribution in [1.29, 1.82) is 0 Å². The maximum absolute atomic E-state index is 14.9. The van der Waals surface area contributed by atoms with Gasteiger partial charge in [-0.3, -0.25) is 9.59 Å². The van der Waals surface area contributed by atoms with Crippen LogP contribution < -0.4 is 9.47 Å². The number of carbonyl (C=O) groups excluding carboxylic acids is 2. The number of benzene rings is 1. The van der Waals surface area contributed by atoms with Crippen LogP contribution in [0.4, 0.5) is 4.39 Å². The molecule has 0 saturated heterocycles. The number of hydrogen-bond acceptors (Lipinski definition) is 6. The smallest absolute Gasteiger partial charge is 0.306 e. The molecule has 1 aliphatic rings. The first-order valence-electron chi connectivity index (χ1n) is 8.95. The molecule has 0 fully saturated rings. The molecule has 150 valence electrons. The van der Waals surface area contributed by atoms with E-state index in [4.69, 9.17) is 18.9 Å². The van der Waals surface area contributed by atoms with Gasteiger partial charge in [-0.2, -0.15) is 0 Å². The van der Waals surface area contributed by atoms with Crippen LogP contribution in [0.5, 0.6) is 11.5 Å². The molecule has 2 rings (SSSR count). The van der Waals surface area contributed by atoms with Gasteiger partial charge in [0.05, 0.1) is 26.7 Å². The average Bonchev–Trinajstić information content (AvgIpc) is 3.09. The Kier molecular flexibility index (Phi) is 7.84. The van der Waals surface area contributed by atoms with E-state index in [9.17, 15) is 14.0 Å². The molecule has 7 nitrogen and oxygen atoms in total. The lowest BCUT2D eigenvalue weighted by Gasteiger charge is -2.15. The van der Waals surface area contributed by atoms with Crippen molar-refractivity contribution in [3.63, 3.8) is 0 Å². The number of amides is 1. The Hall–Kier alpha value is -2.35. The van der Waals surface area contributed by atoms with Crippen molar-refractivity contribution < 1.29 is 32.9 Å².